The van der Waals surface area contributed by atoms with Crippen LogP contribution < -0.4 is 5.32 Å². The summed E-state index contributed by atoms with van der Waals surface area (Å²) in [5.74, 6) is 0.601. The van der Waals surface area contributed by atoms with E-state index in [1.807, 2.05) is 31.2 Å². The van der Waals surface area contributed by atoms with Crippen LogP contribution in [0.5, 0.6) is 0 Å². The van der Waals surface area contributed by atoms with Gasteiger partial charge in [-0.05, 0) is 30.7 Å². The smallest absolute Gasteiger partial charge is 0.271 e. The number of rotatable bonds is 4. The lowest BCUT2D eigenvalue weighted by Gasteiger charge is -2.09. The molecular formula is C17H14N4O2. The van der Waals surface area contributed by atoms with Gasteiger partial charge < -0.3 is 5.32 Å². The van der Waals surface area contributed by atoms with Crippen LogP contribution in [0.1, 0.15) is 12.5 Å². The Hall–Kier alpha value is -3.28. The number of fused-ring (bicyclic) bond motifs is 1. The van der Waals surface area contributed by atoms with E-state index in [-0.39, 0.29) is 5.69 Å². The number of allylic oxidation sites excluding steroid dienone is 1. The number of aromatic nitrogens is 2. The summed E-state index contributed by atoms with van der Waals surface area (Å²) in [6, 6.07) is 12.3. The zero-order valence-electron chi connectivity index (χ0n) is 12.5. The van der Waals surface area contributed by atoms with E-state index in [4.69, 9.17) is 0 Å². The van der Waals surface area contributed by atoms with Gasteiger partial charge in [-0.1, -0.05) is 24.3 Å². The molecule has 6 nitrogen and oxygen atoms in total. The van der Waals surface area contributed by atoms with E-state index < -0.39 is 4.92 Å². The minimum Gasteiger partial charge on any atom is -0.340 e. The normalized spacial score (nSPS) is 10.5. The van der Waals surface area contributed by atoms with Crippen LogP contribution in [0, 0.1) is 10.1 Å². The Morgan fingerprint density at radius 3 is 2.78 bits per heavy atom. The molecule has 6 heteroatoms. The first-order valence-corrected chi connectivity index (χ1v) is 6.97. The molecule has 0 atom stereocenters. The topological polar surface area (TPSA) is 81.0 Å². The Labute approximate surface area is 132 Å². The van der Waals surface area contributed by atoms with Gasteiger partial charge >= 0.3 is 0 Å². The van der Waals surface area contributed by atoms with Crippen LogP contribution in [0.25, 0.3) is 16.5 Å². The Morgan fingerprint density at radius 1 is 1.22 bits per heavy atom. The largest absolute Gasteiger partial charge is 0.340 e. The minimum atomic E-state index is -0.440. The number of benzene rings is 2. The molecule has 0 saturated carbocycles. The molecule has 0 aliphatic rings. The van der Waals surface area contributed by atoms with Gasteiger partial charge in [0.15, 0.2) is 0 Å². The lowest BCUT2D eigenvalue weighted by Crippen LogP contribution is -1.97. The van der Waals surface area contributed by atoms with Crippen molar-refractivity contribution in [2.45, 2.75) is 6.92 Å². The van der Waals surface area contributed by atoms with Crippen LogP contribution in [0.3, 0.4) is 0 Å². The van der Waals surface area contributed by atoms with Gasteiger partial charge in [0.2, 0.25) is 0 Å². The van der Waals surface area contributed by atoms with Crippen LogP contribution in [0.2, 0.25) is 0 Å². The minimum absolute atomic E-state index is 0.00595. The molecule has 3 aromatic rings. The summed E-state index contributed by atoms with van der Waals surface area (Å²) in [4.78, 5) is 18.8. The van der Waals surface area contributed by atoms with E-state index in [1.165, 1.54) is 18.5 Å². The van der Waals surface area contributed by atoms with Gasteiger partial charge in [-0.15, -0.1) is 0 Å². The van der Waals surface area contributed by atoms with Crippen molar-refractivity contribution in [2.24, 2.45) is 0 Å². The second-order valence-electron chi connectivity index (χ2n) is 5.17. The SMILES string of the molecule is C=C(C)c1cccc(Nc2ncnc3cc([N+](=O)[O-])ccc23)c1. The molecule has 0 aliphatic carbocycles. The molecule has 0 spiro atoms. The van der Waals surface area contributed by atoms with Crippen molar-refractivity contribution in [3.63, 3.8) is 0 Å². The molecule has 1 heterocycles. The highest BCUT2D eigenvalue weighted by Crippen LogP contribution is 2.27. The average Bonchev–Trinajstić information content (AvgIpc) is 2.55. The number of hydrogen-bond acceptors (Lipinski definition) is 5. The lowest BCUT2D eigenvalue weighted by molar-refractivity contribution is -0.384. The fourth-order valence-electron chi connectivity index (χ4n) is 2.26. The van der Waals surface area contributed by atoms with Crippen molar-refractivity contribution < 1.29 is 4.92 Å². The van der Waals surface area contributed by atoms with Crippen LogP contribution in [-0.4, -0.2) is 14.9 Å². The standard InChI is InChI=1S/C17H14N4O2/c1-11(2)12-4-3-5-13(8-12)20-17-15-7-6-14(21(22)23)9-16(15)18-10-19-17/h3-10H,1H2,2H3,(H,18,19,20). The molecule has 0 aliphatic heterocycles. The van der Waals surface area contributed by atoms with Crippen molar-refractivity contribution in [3.8, 4) is 0 Å². The van der Waals surface area contributed by atoms with Gasteiger partial charge in [-0.2, -0.15) is 0 Å². The zero-order valence-corrected chi connectivity index (χ0v) is 12.5. The molecule has 114 valence electrons. The molecule has 1 aromatic heterocycles. The van der Waals surface area contributed by atoms with Gasteiger partial charge in [0.05, 0.1) is 10.4 Å². The summed E-state index contributed by atoms with van der Waals surface area (Å²) in [5, 5.41) is 14.8. The van der Waals surface area contributed by atoms with Crippen molar-refractivity contribution in [3.05, 3.63) is 71.0 Å². The second-order valence-corrected chi connectivity index (χ2v) is 5.17. The van der Waals surface area contributed by atoms with E-state index in [0.29, 0.717) is 11.3 Å². The Morgan fingerprint density at radius 2 is 2.04 bits per heavy atom. The summed E-state index contributed by atoms with van der Waals surface area (Å²) in [5.41, 5.74) is 3.39. The van der Waals surface area contributed by atoms with Gasteiger partial charge in [-0.3, -0.25) is 10.1 Å². The highest BCUT2D eigenvalue weighted by Gasteiger charge is 2.10. The first kappa shape index (κ1) is 14.6. The summed E-state index contributed by atoms with van der Waals surface area (Å²) in [7, 11) is 0. The van der Waals surface area contributed by atoms with Gasteiger partial charge in [-0.25, -0.2) is 9.97 Å². The fraction of sp³-hybridized carbons (Fsp3) is 0.0588. The van der Waals surface area contributed by atoms with Crippen LogP contribution in [0.15, 0.2) is 55.4 Å². The third-order valence-electron chi connectivity index (χ3n) is 3.45. The number of anilines is 2. The number of nitro groups is 1. The molecule has 23 heavy (non-hydrogen) atoms. The first-order valence-electron chi connectivity index (χ1n) is 6.97. The monoisotopic (exact) mass is 306 g/mol. The molecule has 0 radical (unpaired) electrons. The molecule has 0 bridgehead atoms. The Balaban J connectivity index is 2.02. The number of nitrogens with one attached hydrogen (secondary N) is 1. The van der Waals surface area contributed by atoms with E-state index in [2.05, 4.69) is 21.9 Å². The zero-order chi connectivity index (χ0) is 16.4. The maximum absolute atomic E-state index is 10.9. The summed E-state index contributed by atoms with van der Waals surface area (Å²) < 4.78 is 0. The number of nitrogens with zero attached hydrogens (tertiary/aromatic N) is 3. The second kappa shape index (κ2) is 5.84. The molecule has 0 unspecified atom stereocenters. The summed E-state index contributed by atoms with van der Waals surface area (Å²) in [6.07, 6.45) is 1.39. The third kappa shape index (κ3) is 3.01. The molecule has 0 fully saturated rings. The molecule has 3 rings (SSSR count). The summed E-state index contributed by atoms with van der Waals surface area (Å²) >= 11 is 0. The molecule has 1 N–H and O–H groups in total. The predicted molar refractivity (Wildman–Crippen MR) is 90.6 cm³/mol. The van der Waals surface area contributed by atoms with E-state index in [1.54, 1.807) is 6.07 Å². The van der Waals surface area contributed by atoms with E-state index in [0.717, 1.165) is 22.2 Å². The first-order chi connectivity index (χ1) is 11.0. The number of hydrogen-bond donors (Lipinski definition) is 1. The number of nitro benzene ring substituents is 1. The molecule has 0 amide bonds. The predicted octanol–water partition coefficient (Wildman–Crippen LogP) is 4.31. The van der Waals surface area contributed by atoms with Crippen LogP contribution in [-0.2, 0) is 0 Å². The van der Waals surface area contributed by atoms with Crippen molar-refractivity contribution in [2.75, 3.05) is 5.32 Å². The lowest BCUT2D eigenvalue weighted by atomic mass is 10.1. The third-order valence-corrected chi connectivity index (χ3v) is 3.45. The molecule has 0 saturated heterocycles. The van der Waals surface area contributed by atoms with Gasteiger partial charge in [0, 0.05) is 23.2 Å². The van der Waals surface area contributed by atoms with E-state index in [9.17, 15) is 10.1 Å². The summed E-state index contributed by atoms with van der Waals surface area (Å²) in [6.45, 7) is 5.88. The molecular weight excluding hydrogens is 292 g/mol. The van der Waals surface area contributed by atoms with Crippen molar-refractivity contribution in [1.82, 2.24) is 9.97 Å². The van der Waals surface area contributed by atoms with E-state index >= 15 is 0 Å². The Kier molecular flexibility index (Phi) is 3.72. The highest BCUT2D eigenvalue weighted by molar-refractivity contribution is 5.92. The van der Waals surface area contributed by atoms with Gasteiger partial charge in [0.1, 0.15) is 12.1 Å². The molecule has 2 aromatic carbocycles. The number of non-ortho nitro benzene ring substituents is 1. The average molecular weight is 306 g/mol. The highest BCUT2D eigenvalue weighted by atomic mass is 16.6. The van der Waals surface area contributed by atoms with Crippen molar-refractivity contribution >= 4 is 33.7 Å². The Bertz CT molecular complexity index is 921. The maximum atomic E-state index is 10.9. The maximum Gasteiger partial charge on any atom is 0.271 e. The van der Waals surface area contributed by atoms with Crippen LogP contribution >= 0.6 is 0 Å². The van der Waals surface area contributed by atoms with Crippen molar-refractivity contribution in [1.29, 1.82) is 0 Å². The van der Waals surface area contributed by atoms with Gasteiger partial charge in [0.25, 0.3) is 5.69 Å². The van der Waals surface area contributed by atoms with Crippen LogP contribution in [0.4, 0.5) is 17.2 Å². The quantitative estimate of drug-likeness (QED) is 0.573. The fourth-order valence-corrected chi connectivity index (χ4v) is 2.26.